The van der Waals surface area contributed by atoms with Crippen LogP contribution in [0, 0.1) is 22.7 Å². The Bertz CT molecular complexity index is 640. The van der Waals surface area contributed by atoms with E-state index in [-0.39, 0.29) is 21.2 Å². The van der Waals surface area contributed by atoms with E-state index in [1.54, 1.807) is 24.3 Å². The molecular weight excluding hydrogens is 248 g/mol. The number of rotatable bonds is 2. The summed E-state index contributed by atoms with van der Waals surface area (Å²) < 4.78 is 12.3. The minimum atomic E-state index is -1.64. The van der Waals surface area contributed by atoms with Gasteiger partial charge in [0.15, 0.2) is 11.4 Å². The van der Waals surface area contributed by atoms with Gasteiger partial charge in [0, 0.05) is 12.4 Å². The molecule has 0 saturated carbocycles. The zero-order valence-corrected chi connectivity index (χ0v) is 9.89. The van der Waals surface area contributed by atoms with Gasteiger partial charge in [-0.25, -0.2) is 14.2 Å². The molecule has 0 N–H and O–H groups in total. The van der Waals surface area contributed by atoms with Gasteiger partial charge in [-0.3, -0.25) is 0 Å². The normalized spacial score (nSPS) is 9.72. The van der Waals surface area contributed by atoms with Gasteiger partial charge in [-0.2, -0.15) is 10.5 Å². The molecule has 0 unspecified atom stereocenters. The third-order valence-electron chi connectivity index (χ3n) is 2.15. The lowest BCUT2D eigenvalue weighted by Gasteiger charge is -2.04. The van der Waals surface area contributed by atoms with Crippen molar-refractivity contribution in [1.82, 2.24) is 9.97 Å². The van der Waals surface area contributed by atoms with Crippen molar-refractivity contribution in [3.05, 3.63) is 48.0 Å². The van der Waals surface area contributed by atoms with Crippen LogP contribution >= 0.6 is 0 Å². The molecule has 0 aliphatic heterocycles. The van der Waals surface area contributed by atoms with Gasteiger partial charge < -0.3 is 0 Å². The smallest absolute Gasteiger partial charge is 0.156 e. The van der Waals surface area contributed by atoms with Crippen molar-refractivity contribution < 1.29 is 4.21 Å². The summed E-state index contributed by atoms with van der Waals surface area (Å²) >= 11 is 0. The summed E-state index contributed by atoms with van der Waals surface area (Å²) in [5.41, 5.74) is 0.173. The van der Waals surface area contributed by atoms with E-state index < -0.39 is 10.8 Å². The molecule has 0 saturated heterocycles. The molecule has 6 heteroatoms. The van der Waals surface area contributed by atoms with Gasteiger partial charge >= 0.3 is 0 Å². The standard InChI is InChI=1S/C12H6N4OS/c13-7-9-11(3-1-5-15-9)18(17)12-4-2-6-16-10(12)8-14/h1-6H. The van der Waals surface area contributed by atoms with Crippen LogP contribution in [0.15, 0.2) is 46.5 Å². The highest BCUT2D eigenvalue weighted by Gasteiger charge is 2.16. The highest BCUT2D eigenvalue weighted by atomic mass is 32.2. The Labute approximate surface area is 106 Å². The highest BCUT2D eigenvalue weighted by molar-refractivity contribution is 7.85. The van der Waals surface area contributed by atoms with Gasteiger partial charge in [0.05, 0.1) is 20.6 Å². The van der Waals surface area contributed by atoms with Crippen molar-refractivity contribution in [3.8, 4) is 12.1 Å². The minimum absolute atomic E-state index is 0.0866. The molecule has 0 atom stereocenters. The van der Waals surface area contributed by atoms with Crippen molar-refractivity contribution >= 4 is 10.8 Å². The molecule has 0 aromatic carbocycles. The first-order chi connectivity index (χ1) is 8.77. The zero-order valence-electron chi connectivity index (χ0n) is 9.07. The molecule has 0 fully saturated rings. The molecule has 2 aromatic heterocycles. The maximum absolute atomic E-state index is 12.3. The van der Waals surface area contributed by atoms with Gasteiger partial charge in [-0.15, -0.1) is 0 Å². The van der Waals surface area contributed by atoms with Crippen LogP contribution in [-0.2, 0) is 10.8 Å². The van der Waals surface area contributed by atoms with Gasteiger partial charge in [0.25, 0.3) is 0 Å². The maximum atomic E-state index is 12.3. The number of hydrogen-bond acceptors (Lipinski definition) is 5. The van der Waals surface area contributed by atoms with Crippen molar-refractivity contribution in [2.24, 2.45) is 0 Å². The van der Waals surface area contributed by atoms with Crippen LogP contribution in [0.2, 0.25) is 0 Å². The topological polar surface area (TPSA) is 90.4 Å². The molecule has 0 radical (unpaired) electrons. The summed E-state index contributed by atoms with van der Waals surface area (Å²) in [6.45, 7) is 0. The molecule has 0 amide bonds. The van der Waals surface area contributed by atoms with Crippen LogP contribution in [0.25, 0.3) is 0 Å². The fourth-order valence-electron chi connectivity index (χ4n) is 1.37. The van der Waals surface area contributed by atoms with Gasteiger partial charge in [-0.1, -0.05) is 0 Å². The first kappa shape index (κ1) is 11.9. The van der Waals surface area contributed by atoms with E-state index in [0.29, 0.717) is 0 Å². The quantitative estimate of drug-likeness (QED) is 0.807. The summed E-state index contributed by atoms with van der Waals surface area (Å²) in [6, 6.07) is 10.0. The van der Waals surface area contributed by atoms with E-state index in [1.807, 2.05) is 12.1 Å². The maximum Gasteiger partial charge on any atom is 0.156 e. The average Bonchev–Trinajstić information content (AvgIpc) is 2.46. The van der Waals surface area contributed by atoms with Crippen LogP contribution in [0.4, 0.5) is 0 Å². The predicted molar refractivity (Wildman–Crippen MR) is 62.6 cm³/mol. The van der Waals surface area contributed by atoms with Crippen molar-refractivity contribution in [2.45, 2.75) is 9.79 Å². The second-order valence-electron chi connectivity index (χ2n) is 3.19. The molecule has 0 aliphatic carbocycles. The summed E-state index contributed by atoms with van der Waals surface area (Å²) in [5.74, 6) is 0. The van der Waals surface area contributed by atoms with Crippen molar-refractivity contribution in [1.29, 1.82) is 10.5 Å². The van der Waals surface area contributed by atoms with Crippen molar-refractivity contribution in [3.63, 3.8) is 0 Å². The van der Waals surface area contributed by atoms with Gasteiger partial charge in [0.2, 0.25) is 0 Å². The highest BCUT2D eigenvalue weighted by Crippen LogP contribution is 2.19. The lowest BCUT2D eigenvalue weighted by molar-refractivity contribution is 0.682. The van der Waals surface area contributed by atoms with Crippen LogP contribution in [0.5, 0.6) is 0 Å². The molecule has 0 bridgehead atoms. The molecule has 0 spiro atoms. The summed E-state index contributed by atoms with van der Waals surface area (Å²) in [5, 5.41) is 17.8. The first-order valence-corrected chi connectivity index (χ1v) is 6.05. The van der Waals surface area contributed by atoms with Crippen LogP contribution in [-0.4, -0.2) is 14.2 Å². The summed E-state index contributed by atoms with van der Waals surface area (Å²) in [7, 11) is -1.64. The monoisotopic (exact) mass is 254 g/mol. The lowest BCUT2D eigenvalue weighted by Crippen LogP contribution is -2.01. The summed E-state index contributed by atoms with van der Waals surface area (Å²) in [4.78, 5) is 8.25. The fraction of sp³-hybridized carbons (Fsp3) is 0. The van der Waals surface area contributed by atoms with Crippen LogP contribution in [0.3, 0.4) is 0 Å². The number of pyridine rings is 2. The molecule has 0 aliphatic rings. The van der Waals surface area contributed by atoms with E-state index in [1.165, 1.54) is 12.4 Å². The minimum Gasteiger partial charge on any atom is -0.249 e. The largest absolute Gasteiger partial charge is 0.249 e. The van der Waals surface area contributed by atoms with Crippen LogP contribution < -0.4 is 0 Å². The molecular formula is C12H6N4OS. The van der Waals surface area contributed by atoms with Gasteiger partial charge in [-0.05, 0) is 24.3 Å². The van der Waals surface area contributed by atoms with E-state index in [4.69, 9.17) is 10.5 Å². The van der Waals surface area contributed by atoms with E-state index in [2.05, 4.69) is 9.97 Å². The lowest BCUT2D eigenvalue weighted by atomic mass is 10.4. The summed E-state index contributed by atoms with van der Waals surface area (Å²) in [6.07, 6.45) is 2.90. The second kappa shape index (κ2) is 5.17. The van der Waals surface area contributed by atoms with Gasteiger partial charge in [0.1, 0.15) is 12.1 Å². The number of hydrogen-bond donors (Lipinski definition) is 0. The number of nitrogens with zero attached hydrogens (tertiary/aromatic N) is 4. The molecule has 86 valence electrons. The molecule has 2 aromatic rings. The number of aromatic nitrogens is 2. The Kier molecular flexibility index (Phi) is 3.42. The van der Waals surface area contributed by atoms with Crippen molar-refractivity contribution in [2.75, 3.05) is 0 Å². The van der Waals surface area contributed by atoms with E-state index >= 15 is 0 Å². The molecule has 2 rings (SSSR count). The first-order valence-electron chi connectivity index (χ1n) is 4.90. The van der Waals surface area contributed by atoms with E-state index in [9.17, 15) is 4.21 Å². The number of nitriles is 2. The fourth-order valence-corrected chi connectivity index (χ4v) is 2.56. The van der Waals surface area contributed by atoms with Crippen LogP contribution in [0.1, 0.15) is 11.4 Å². The molecule has 5 nitrogen and oxygen atoms in total. The zero-order chi connectivity index (χ0) is 13.0. The Morgan fingerprint density at radius 2 is 1.39 bits per heavy atom. The predicted octanol–water partition coefficient (Wildman–Crippen LogP) is 1.39. The Morgan fingerprint density at radius 3 is 1.78 bits per heavy atom. The Balaban J connectivity index is 2.57. The molecule has 2 heterocycles. The SMILES string of the molecule is N#Cc1ncccc1S(=O)c1cccnc1C#N. The third kappa shape index (κ3) is 2.10. The Morgan fingerprint density at radius 1 is 0.944 bits per heavy atom. The Hall–Kier alpha value is -2.57. The average molecular weight is 254 g/mol. The van der Waals surface area contributed by atoms with E-state index in [0.717, 1.165) is 0 Å². The second-order valence-corrected chi connectivity index (χ2v) is 4.61. The third-order valence-corrected chi connectivity index (χ3v) is 3.61. The molecule has 18 heavy (non-hydrogen) atoms.